The Kier molecular flexibility index (Phi) is 5.76. The number of anilines is 1. The van der Waals surface area contributed by atoms with Crippen molar-refractivity contribution >= 4 is 46.1 Å². The summed E-state index contributed by atoms with van der Waals surface area (Å²) in [6, 6.07) is 14.4. The zero-order valence-electron chi connectivity index (χ0n) is 16.3. The Balaban J connectivity index is 1.45. The van der Waals surface area contributed by atoms with E-state index in [1.807, 2.05) is 54.7 Å². The Morgan fingerprint density at radius 3 is 2.77 bits per heavy atom. The molecule has 3 N–H and O–H groups in total. The van der Waals surface area contributed by atoms with Crippen LogP contribution >= 0.6 is 11.8 Å². The van der Waals surface area contributed by atoms with Gasteiger partial charge in [-0.25, -0.2) is 4.79 Å². The van der Waals surface area contributed by atoms with Gasteiger partial charge in [0.2, 0.25) is 11.8 Å². The van der Waals surface area contributed by atoms with Crippen LogP contribution in [0.15, 0.2) is 59.6 Å². The van der Waals surface area contributed by atoms with E-state index in [4.69, 9.17) is 4.74 Å². The van der Waals surface area contributed by atoms with E-state index in [-0.39, 0.29) is 24.7 Å². The van der Waals surface area contributed by atoms with E-state index in [0.29, 0.717) is 0 Å². The molecule has 2 amide bonds. The van der Waals surface area contributed by atoms with Crippen LogP contribution in [0.2, 0.25) is 0 Å². The molecular formula is C22H21N3O4S. The summed E-state index contributed by atoms with van der Waals surface area (Å²) in [6.45, 7) is 0. The van der Waals surface area contributed by atoms with Crippen LogP contribution in [-0.4, -0.2) is 41.2 Å². The van der Waals surface area contributed by atoms with Crippen LogP contribution in [0.3, 0.4) is 0 Å². The second-order valence-corrected chi connectivity index (χ2v) is 8.25. The number of H-pyrrole nitrogens is 1. The third-order valence-corrected chi connectivity index (χ3v) is 6.27. The number of hydrogen-bond donors (Lipinski definition) is 3. The first-order valence-electron chi connectivity index (χ1n) is 9.54. The lowest BCUT2D eigenvalue weighted by molar-refractivity contribution is -0.145. The summed E-state index contributed by atoms with van der Waals surface area (Å²) in [4.78, 5) is 41.4. The number of methoxy groups -OCH3 is 1. The predicted molar refractivity (Wildman–Crippen MR) is 115 cm³/mol. The summed E-state index contributed by atoms with van der Waals surface area (Å²) < 4.78 is 4.88. The van der Waals surface area contributed by atoms with Crippen LogP contribution in [0.1, 0.15) is 12.0 Å². The van der Waals surface area contributed by atoms with E-state index in [2.05, 4.69) is 15.6 Å². The van der Waals surface area contributed by atoms with Gasteiger partial charge in [0.15, 0.2) is 0 Å². The van der Waals surface area contributed by atoms with Crippen molar-refractivity contribution < 1.29 is 19.1 Å². The Bertz CT molecular complexity index is 1110. The van der Waals surface area contributed by atoms with E-state index in [1.165, 1.54) is 18.9 Å². The fourth-order valence-electron chi connectivity index (χ4n) is 3.50. The standard InChI is InChI=1S/C22H21N3O4S/c1-29-22(28)17(10-13-12-23-15-7-3-2-6-14(13)15)24-20(26)11-19-21(27)25-16-8-4-5-9-18(16)30-19/h2-9,12,17,19,23H,10-11H2,1H3,(H,24,26)(H,25,27)/t17-,19+/m0/s1. The Hall–Kier alpha value is -3.26. The molecule has 154 valence electrons. The molecule has 2 heterocycles. The molecule has 0 bridgehead atoms. The van der Waals surface area contributed by atoms with Gasteiger partial charge in [0, 0.05) is 34.8 Å². The van der Waals surface area contributed by atoms with Crippen molar-refractivity contribution in [1.29, 1.82) is 0 Å². The number of para-hydroxylation sites is 2. The third-order valence-electron chi connectivity index (χ3n) is 5.00. The van der Waals surface area contributed by atoms with Crippen molar-refractivity contribution in [2.45, 2.75) is 29.0 Å². The maximum Gasteiger partial charge on any atom is 0.328 e. The molecule has 0 unspecified atom stereocenters. The lowest BCUT2D eigenvalue weighted by Gasteiger charge is -2.24. The summed E-state index contributed by atoms with van der Waals surface area (Å²) >= 11 is 1.35. The van der Waals surface area contributed by atoms with Crippen molar-refractivity contribution in [3.63, 3.8) is 0 Å². The van der Waals surface area contributed by atoms with Crippen LogP contribution in [0.25, 0.3) is 10.9 Å². The lowest BCUT2D eigenvalue weighted by atomic mass is 10.0. The SMILES string of the molecule is COC(=O)[C@H](Cc1c[nH]c2ccccc12)NC(=O)C[C@H]1Sc2ccccc2NC1=O. The fourth-order valence-corrected chi connectivity index (χ4v) is 4.62. The highest BCUT2D eigenvalue weighted by Crippen LogP contribution is 2.36. The molecule has 2 atom stereocenters. The maximum absolute atomic E-state index is 12.7. The highest BCUT2D eigenvalue weighted by molar-refractivity contribution is 8.01. The normalized spacial score (nSPS) is 16.4. The first-order chi connectivity index (χ1) is 14.5. The molecule has 1 aliphatic rings. The van der Waals surface area contributed by atoms with Crippen LogP contribution in [0.4, 0.5) is 5.69 Å². The predicted octanol–water partition coefficient (Wildman–Crippen LogP) is 2.87. The molecule has 3 aromatic rings. The number of amides is 2. The number of aromatic nitrogens is 1. The van der Waals surface area contributed by atoms with Gasteiger partial charge in [-0.3, -0.25) is 9.59 Å². The molecule has 0 fully saturated rings. The van der Waals surface area contributed by atoms with E-state index in [1.54, 1.807) is 0 Å². The molecular weight excluding hydrogens is 402 g/mol. The maximum atomic E-state index is 12.7. The largest absolute Gasteiger partial charge is 0.467 e. The van der Waals surface area contributed by atoms with Gasteiger partial charge in [0.25, 0.3) is 0 Å². The molecule has 0 radical (unpaired) electrons. The van der Waals surface area contributed by atoms with Crippen LogP contribution in [-0.2, 0) is 25.5 Å². The van der Waals surface area contributed by atoms with E-state index in [9.17, 15) is 14.4 Å². The molecule has 0 aliphatic carbocycles. The summed E-state index contributed by atoms with van der Waals surface area (Å²) in [5, 5.41) is 5.99. The van der Waals surface area contributed by atoms with E-state index >= 15 is 0 Å². The average Bonchev–Trinajstić information content (AvgIpc) is 3.16. The topological polar surface area (TPSA) is 100 Å². The summed E-state index contributed by atoms with van der Waals surface area (Å²) in [5.41, 5.74) is 2.60. The van der Waals surface area contributed by atoms with Crippen molar-refractivity contribution in [1.82, 2.24) is 10.3 Å². The van der Waals surface area contributed by atoms with Gasteiger partial charge in [0.05, 0.1) is 18.0 Å². The number of carbonyl (C=O) groups is 3. The summed E-state index contributed by atoms with van der Waals surface area (Å²) in [7, 11) is 1.29. The number of aromatic amines is 1. The van der Waals surface area contributed by atoms with Crippen LogP contribution in [0.5, 0.6) is 0 Å². The second-order valence-electron chi connectivity index (χ2n) is 7.00. The number of benzene rings is 2. The Morgan fingerprint density at radius 1 is 1.17 bits per heavy atom. The van der Waals surface area contributed by atoms with E-state index in [0.717, 1.165) is 27.0 Å². The molecule has 8 heteroatoms. The molecule has 4 rings (SSSR count). The highest BCUT2D eigenvalue weighted by atomic mass is 32.2. The molecule has 2 aromatic carbocycles. The number of ether oxygens (including phenoxy) is 1. The van der Waals surface area contributed by atoms with Crippen molar-refractivity contribution in [3.05, 3.63) is 60.3 Å². The number of thioether (sulfide) groups is 1. The number of nitrogens with one attached hydrogen (secondary N) is 3. The number of rotatable bonds is 6. The number of fused-ring (bicyclic) bond motifs is 2. The average molecular weight is 423 g/mol. The van der Waals surface area contributed by atoms with Gasteiger partial charge >= 0.3 is 5.97 Å². The smallest absolute Gasteiger partial charge is 0.328 e. The number of hydrogen-bond acceptors (Lipinski definition) is 5. The zero-order chi connectivity index (χ0) is 21.1. The molecule has 30 heavy (non-hydrogen) atoms. The van der Waals surface area contributed by atoms with Gasteiger partial charge in [-0.2, -0.15) is 0 Å². The first-order valence-corrected chi connectivity index (χ1v) is 10.4. The van der Waals surface area contributed by atoms with Gasteiger partial charge in [0.1, 0.15) is 6.04 Å². The lowest BCUT2D eigenvalue weighted by Crippen LogP contribution is -2.45. The van der Waals surface area contributed by atoms with Crippen LogP contribution in [0, 0.1) is 0 Å². The molecule has 0 saturated carbocycles. The van der Waals surface area contributed by atoms with Gasteiger partial charge in [-0.05, 0) is 23.8 Å². The quantitative estimate of drug-likeness (QED) is 0.530. The zero-order valence-corrected chi connectivity index (χ0v) is 17.1. The molecule has 0 spiro atoms. The minimum absolute atomic E-state index is 0.0355. The first kappa shape index (κ1) is 20.0. The van der Waals surface area contributed by atoms with E-state index < -0.39 is 17.3 Å². The van der Waals surface area contributed by atoms with Crippen LogP contribution < -0.4 is 10.6 Å². The van der Waals surface area contributed by atoms with Crippen molar-refractivity contribution in [2.75, 3.05) is 12.4 Å². The Labute approximate surface area is 177 Å². The monoisotopic (exact) mass is 423 g/mol. The summed E-state index contributed by atoms with van der Waals surface area (Å²) in [5.74, 6) is -1.13. The minimum Gasteiger partial charge on any atom is -0.467 e. The molecule has 7 nitrogen and oxygen atoms in total. The van der Waals surface area contributed by atoms with Gasteiger partial charge in [-0.15, -0.1) is 11.8 Å². The van der Waals surface area contributed by atoms with Crippen molar-refractivity contribution in [3.8, 4) is 0 Å². The fraction of sp³-hybridized carbons (Fsp3) is 0.227. The highest BCUT2D eigenvalue weighted by Gasteiger charge is 2.31. The second kappa shape index (κ2) is 8.62. The van der Waals surface area contributed by atoms with Crippen molar-refractivity contribution in [2.24, 2.45) is 0 Å². The summed E-state index contributed by atoms with van der Waals surface area (Å²) in [6.07, 6.45) is 2.08. The number of esters is 1. The van der Waals surface area contributed by atoms with Gasteiger partial charge < -0.3 is 20.4 Å². The van der Waals surface area contributed by atoms with Gasteiger partial charge in [-0.1, -0.05) is 30.3 Å². The molecule has 0 saturated heterocycles. The molecule has 1 aromatic heterocycles. The minimum atomic E-state index is -0.842. The number of carbonyl (C=O) groups excluding carboxylic acids is 3. The third kappa shape index (κ3) is 4.18. The molecule has 1 aliphatic heterocycles. The Morgan fingerprint density at radius 2 is 1.93 bits per heavy atom.